The molecular weight excluding hydrogens is 554 g/mol. The van der Waals surface area contributed by atoms with Crippen LogP contribution < -0.4 is 15.4 Å². The molecule has 39 heavy (non-hydrogen) atoms. The number of Topliss-reactive ketones (excluding diaryl/α,β-unsaturated/α-hetero) is 1. The fourth-order valence-electron chi connectivity index (χ4n) is 3.13. The minimum atomic E-state index is -1.91. The number of ether oxygens (including phenoxy) is 1. The minimum absolute atomic E-state index is 0.0698. The van der Waals surface area contributed by atoms with Crippen molar-refractivity contribution in [2.75, 3.05) is 6.61 Å². The SMILES string of the molecule is C[C@H](NC(=O)c1cc(-c2cccc(Cl)c2)on1)C(=O)N[C@@H](CC(=O)O)C(=O)COc1c(F)c(F)cc(F)c1F. The van der Waals surface area contributed by atoms with Gasteiger partial charge < -0.3 is 25.0 Å². The molecule has 2 amide bonds. The first-order valence-electron chi connectivity index (χ1n) is 10.9. The van der Waals surface area contributed by atoms with Crippen molar-refractivity contribution in [3.63, 3.8) is 0 Å². The Balaban J connectivity index is 1.64. The van der Waals surface area contributed by atoms with E-state index in [2.05, 4.69) is 20.5 Å². The molecule has 206 valence electrons. The van der Waals surface area contributed by atoms with Crippen LogP contribution in [0.3, 0.4) is 0 Å². The molecule has 3 N–H and O–H groups in total. The quantitative estimate of drug-likeness (QED) is 0.235. The predicted octanol–water partition coefficient (Wildman–Crippen LogP) is 3.28. The number of benzene rings is 2. The van der Waals surface area contributed by atoms with Crippen LogP contribution in [0.15, 0.2) is 40.9 Å². The molecule has 3 aromatic rings. The van der Waals surface area contributed by atoms with Gasteiger partial charge in [0.1, 0.15) is 18.7 Å². The van der Waals surface area contributed by atoms with Gasteiger partial charge in [-0.2, -0.15) is 8.78 Å². The van der Waals surface area contributed by atoms with Crippen LogP contribution in [-0.4, -0.2) is 52.5 Å². The molecule has 0 unspecified atom stereocenters. The topological polar surface area (TPSA) is 148 Å². The first-order valence-corrected chi connectivity index (χ1v) is 11.3. The number of carboxylic acid groups (broad SMARTS) is 1. The van der Waals surface area contributed by atoms with Crippen molar-refractivity contribution in [1.82, 2.24) is 15.8 Å². The van der Waals surface area contributed by atoms with Gasteiger partial charge in [-0.3, -0.25) is 19.2 Å². The maximum atomic E-state index is 13.8. The van der Waals surface area contributed by atoms with Crippen molar-refractivity contribution in [1.29, 1.82) is 0 Å². The molecule has 0 aliphatic heterocycles. The van der Waals surface area contributed by atoms with E-state index in [0.717, 1.165) is 0 Å². The van der Waals surface area contributed by atoms with E-state index in [0.29, 0.717) is 10.6 Å². The average molecular weight is 572 g/mol. The maximum absolute atomic E-state index is 13.8. The molecule has 0 bridgehead atoms. The third-order valence-corrected chi connectivity index (χ3v) is 5.34. The van der Waals surface area contributed by atoms with Crippen LogP contribution in [0.4, 0.5) is 17.6 Å². The normalized spacial score (nSPS) is 12.4. The van der Waals surface area contributed by atoms with Crippen molar-refractivity contribution in [3.8, 4) is 17.1 Å². The fourth-order valence-corrected chi connectivity index (χ4v) is 3.32. The molecule has 0 saturated heterocycles. The van der Waals surface area contributed by atoms with Gasteiger partial charge in [0.25, 0.3) is 5.91 Å². The molecule has 2 aromatic carbocycles. The molecule has 0 aliphatic carbocycles. The van der Waals surface area contributed by atoms with E-state index in [9.17, 15) is 36.7 Å². The second-order valence-electron chi connectivity index (χ2n) is 7.99. The van der Waals surface area contributed by atoms with Crippen molar-refractivity contribution in [2.24, 2.45) is 0 Å². The molecule has 3 rings (SSSR count). The summed E-state index contributed by atoms with van der Waals surface area (Å²) in [6.07, 6.45) is -0.983. The number of hydrogen-bond donors (Lipinski definition) is 3. The number of hydrogen-bond acceptors (Lipinski definition) is 7. The van der Waals surface area contributed by atoms with Gasteiger partial charge in [-0.1, -0.05) is 28.9 Å². The van der Waals surface area contributed by atoms with Crippen LogP contribution in [0.5, 0.6) is 5.75 Å². The average Bonchev–Trinajstić information content (AvgIpc) is 3.37. The lowest BCUT2D eigenvalue weighted by atomic mass is 10.1. The highest BCUT2D eigenvalue weighted by molar-refractivity contribution is 6.30. The molecule has 0 saturated carbocycles. The van der Waals surface area contributed by atoms with E-state index in [-0.39, 0.29) is 17.5 Å². The highest BCUT2D eigenvalue weighted by Gasteiger charge is 2.29. The van der Waals surface area contributed by atoms with Gasteiger partial charge in [0.2, 0.25) is 17.5 Å². The molecule has 2 atom stereocenters. The molecule has 1 aromatic heterocycles. The third kappa shape index (κ3) is 7.31. The van der Waals surface area contributed by atoms with Crippen molar-refractivity contribution >= 4 is 35.2 Å². The zero-order valence-electron chi connectivity index (χ0n) is 19.8. The maximum Gasteiger partial charge on any atom is 0.305 e. The zero-order valence-corrected chi connectivity index (χ0v) is 20.5. The highest BCUT2D eigenvalue weighted by Crippen LogP contribution is 2.26. The summed E-state index contributed by atoms with van der Waals surface area (Å²) in [5, 5.41) is 17.5. The van der Waals surface area contributed by atoms with Crippen LogP contribution in [0.25, 0.3) is 11.3 Å². The lowest BCUT2D eigenvalue weighted by molar-refractivity contribution is -0.140. The molecule has 0 aliphatic rings. The molecule has 0 radical (unpaired) electrons. The summed E-state index contributed by atoms with van der Waals surface area (Å²) in [5.41, 5.74) is 0.320. The fraction of sp³-hybridized carbons (Fsp3) is 0.208. The van der Waals surface area contributed by atoms with Crippen molar-refractivity contribution in [3.05, 3.63) is 70.4 Å². The van der Waals surface area contributed by atoms with Crippen LogP contribution in [-0.2, 0) is 14.4 Å². The van der Waals surface area contributed by atoms with Crippen molar-refractivity contribution < 1.29 is 51.1 Å². The molecule has 10 nitrogen and oxygen atoms in total. The first kappa shape index (κ1) is 29.1. The molecular formula is C24H18ClF4N3O7. The van der Waals surface area contributed by atoms with E-state index in [1.807, 2.05) is 0 Å². The first-order chi connectivity index (χ1) is 18.4. The van der Waals surface area contributed by atoms with Crippen LogP contribution in [0.1, 0.15) is 23.8 Å². The number of nitrogens with one attached hydrogen (secondary N) is 2. The van der Waals surface area contributed by atoms with Gasteiger partial charge in [-0.15, -0.1) is 0 Å². The number of halogens is 5. The number of rotatable bonds is 11. The van der Waals surface area contributed by atoms with Gasteiger partial charge in [0, 0.05) is 22.7 Å². The number of nitrogens with zero attached hydrogens (tertiary/aromatic N) is 1. The summed E-state index contributed by atoms with van der Waals surface area (Å²) in [4.78, 5) is 48.7. The number of carbonyl (C=O) groups is 4. The summed E-state index contributed by atoms with van der Waals surface area (Å²) >= 11 is 5.92. The second-order valence-corrected chi connectivity index (χ2v) is 8.43. The smallest absolute Gasteiger partial charge is 0.305 e. The number of carbonyl (C=O) groups excluding carboxylic acids is 3. The summed E-state index contributed by atoms with van der Waals surface area (Å²) in [6.45, 7) is -0.0365. The van der Waals surface area contributed by atoms with E-state index in [1.54, 1.807) is 24.3 Å². The van der Waals surface area contributed by atoms with Gasteiger partial charge in [0.15, 0.2) is 34.6 Å². The zero-order chi connectivity index (χ0) is 28.9. The Morgan fingerprint density at radius 1 is 1.05 bits per heavy atom. The number of aromatic nitrogens is 1. The third-order valence-electron chi connectivity index (χ3n) is 5.11. The summed E-state index contributed by atoms with van der Waals surface area (Å²) < 4.78 is 63.8. The minimum Gasteiger partial charge on any atom is -0.481 e. The van der Waals surface area contributed by atoms with Gasteiger partial charge >= 0.3 is 5.97 Å². The van der Waals surface area contributed by atoms with E-state index >= 15 is 0 Å². The standard InChI is InChI=1S/C24H18ClF4N3O7/c1-10(30-24(37)16-7-18(39-32-16)11-3-2-4-12(25)5-11)23(36)31-15(8-19(34)35)17(33)9-38-22-20(28)13(26)6-14(27)21(22)29/h2-7,10,15H,8-9H2,1H3,(H,30,37)(H,31,36)(H,34,35)/t10-,15-/m0/s1. The van der Waals surface area contributed by atoms with E-state index in [1.165, 1.54) is 13.0 Å². The summed E-state index contributed by atoms with van der Waals surface area (Å²) in [6, 6.07) is 4.59. The summed E-state index contributed by atoms with van der Waals surface area (Å²) in [5.74, 6) is -13.3. The number of ketones is 1. The van der Waals surface area contributed by atoms with Crippen molar-refractivity contribution in [2.45, 2.75) is 25.4 Å². The Morgan fingerprint density at radius 2 is 1.72 bits per heavy atom. The number of aliphatic carboxylic acids is 1. The van der Waals surface area contributed by atoms with Crippen LogP contribution in [0.2, 0.25) is 5.02 Å². The van der Waals surface area contributed by atoms with E-state index in [4.69, 9.17) is 21.2 Å². The highest BCUT2D eigenvalue weighted by atomic mass is 35.5. The van der Waals surface area contributed by atoms with Gasteiger partial charge in [0.05, 0.1) is 6.42 Å². The number of amides is 2. The van der Waals surface area contributed by atoms with Crippen LogP contribution >= 0.6 is 11.6 Å². The van der Waals surface area contributed by atoms with Gasteiger partial charge in [-0.25, -0.2) is 8.78 Å². The molecule has 15 heteroatoms. The summed E-state index contributed by atoms with van der Waals surface area (Å²) in [7, 11) is 0. The Kier molecular flexibility index (Phi) is 9.24. The lowest BCUT2D eigenvalue weighted by Gasteiger charge is -2.19. The Hall–Kier alpha value is -4.46. The Bertz CT molecular complexity index is 1410. The second kappa shape index (κ2) is 12.4. The Labute approximate surface area is 221 Å². The predicted molar refractivity (Wildman–Crippen MR) is 125 cm³/mol. The Morgan fingerprint density at radius 3 is 2.33 bits per heavy atom. The monoisotopic (exact) mass is 571 g/mol. The largest absolute Gasteiger partial charge is 0.481 e. The van der Waals surface area contributed by atoms with Crippen LogP contribution in [0, 0.1) is 23.3 Å². The molecule has 1 heterocycles. The lowest BCUT2D eigenvalue weighted by Crippen LogP contribution is -2.51. The molecule has 0 fully saturated rings. The molecule has 0 spiro atoms. The van der Waals surface area contributed by atoms with Gasteiger partial charge in [-0.05, 0) is 19.1 Å². The number of carboxylic acids is 1. The van der Waals surface area contributed by atoms with E-state index < -0.39 is 77.7 Å².